The van der Waals surface area contributed by atoms with Gasteiger partial charge in [-0.1, -0.05) is 11.6 Å². The molecule has 0 aromatic heterocycles. The molecule has 18 heavy (non-hydrogen) atoms. The zero-order valence-corrected chi connectivity index (χ0v) is 11.2. The third kappa shape index (κ3) is 4.18. The Hall–Kier alpha value is -1.30. The summed E-state index contributed by atoms with van der Waals surface area (Å²) in [6.07, 6.45) is 0.465. The fourth-order valence-electron chi connectivity index (χ4n) is 1.35. The Bertz CT molecular complexity index is 412. The van der Waals surface area contributed by atoms with Crippen LogP contribution in [0.3, 0.4) is 0 Å². The van der Waals surface area contributed by atoms with Gasteiger partial charge in [-0.15, -0.1) is 0 Å². The monoisotopic (exact) mass is 272 g/mol. The lowest BCUT2D eigenvalue weighted by atomic mass is 10.2. The molecular weight excluding hydrogens is 256 g/mol. The highest BCUT2D eigenvalue weighted by atomic mass is 35.5. The Kier molecular flexibility index (Phi) is 5.91. The first-order valence-corrected chi connectivity index (χ1v) is 5.85. The quantitative estimate of drug-likeness (QED) is 0.826. The molecule has 1 rings (SSSR count). The third-order valence-corrected chi connectivity index (χ3v) is 2.70. The number of methoxy groups -OCH3 is 2. The van der Waals surface area contributed by atoms with Crippen LogP contribution in [0.15, 0.2) is 18.2 Å². The summed E-state index contributed by atoms with van der Waals surface area (Å²) in [6, 6.07) is 4.37. The Balaban J connectivity index is 2.64. The van der Waals surface area contributed by atoms with E-state index in [0.717, 1.165) is 0 Å². The van der Waals surface area contributed by atoms with Gasteiger partial charge in [0.1, 0.15) is 5.75 Å². The van der Waals surface area contributed by atoms with E-state index in [0.29, 0.717) is 29.5 Å². The molecule has 0 radical (unpaired) electrons. The third-order valence-electron chi connectivity index (χ3n) is 2.39. The zero-order chi connectivity index (χ0) is 13.5. The van der Waals surface area contributed by atoms with Crippen LogP contribution in [0.2, 0.25) is 5.02 Å². The maximum atomic E-state index is 11.7. The van der Waals surface area contributed by atoms with Crippen LogP contribution in [-0.2, 0) is 9.53 Å². The predicted molar refractivity (Wildman–Crippen MR) is 71.1 cm³/mol. The van der Waals surface area contributed by atoms with E-state index in [1.54, 1.807) is 25.3 Å². The molecule has 0 saturated carbocycles. The molecule has 0 heterocycles. The lowest BCUT2D eigenvalue weighted by Gasteiger charge is -2.12. The largest absolute Gasteiger partial charge is 0.495 e. The van der Waals surface area contributed by atoms with Gasteiger partial charge in [0.2, 0.25) is 5.91 Å². The van der Waals surface area contributed by atoms with E-state index in [4.69, 9.17) is 26.8 Å². The first-order chi connectivity index (χ1) is 8.58. The summed E-state index contributed by atoms with van der Waals surface area (Å²) in [6.45, 7) is 0.443. The van der Waals surface area contributed by atoms with Crippen molar-refractivity contribution in [2.45, 2.75) is 12.5 Å². The summed E-state index contributed by atoms with van der Waals surface area (Å²) in [5, 5.41) is 3.18. The van der Waals surface area contributed by atoms with Crippen LogP contribution in [0.5, 0.6) is 5.75 Å². The molecule has 0 bridgehead atoms. The van der Waals surface area contributed by atoms with Gasteiger partial charge in [0.05, 0.1) is 18.2 Å². The van der Waals surface area contributed by atoms with Crippen molar-refractivity contribution in [3.05, 3.63) is 23.2 Å². The maximum absolute atomic E-state index is 11.7. The Morgan fingerprint density at radius 2 is 2.22 bits per heavy atom. The van der Waals surface area contributed by atoms with Crippen molar-refractivity contribution in [3.8, 4) is 5.75 Å². The van der Waals surface area contributed by atoms with E-state index in [1.165, 1.54) is 7.11 Å². The van der Waals surface area contributed by atoms with E-state index in [2.05, 4.69) is 5.32 Å². The second-order valence-corrected chi connectivity index (χ2v) is 4.13. The molecule has 0 aliphatic rings. The summed E-state index contributed by atoms with van der Waals surface area (Å²) in [5.41, 5.74) is 6.29. The molecule has 0 aliphatic carbocycles. The van der Waals surface area contributed by atoms with E-state index in [9.17, 15) is 4.79 Å². The number of carbonyl (C=O) groups is 1. The molecule has 1 unspecified atom stereocenters. The van der Waals surface area contributed by atoms with Gasteiger partial charge in [0.15, 0.2) is 0 Å². The molecule has 5 nitrogen and oxygen atoms in total. The topological polar surface area (TPSA) is 73.6 Å². The first kappa shape index (κ1) is 14.8. The standard InChI is InChI=1S/C12H17ClN2O3/c1-17-6-5-10(14)12(16)15-8-3-4-9(13)11(7-8)18-2/h3-4,7,10H,5-6,14H2,1-2H3,(H,15,16). The van der Waals surface area contributed by atoms with Crippen LogP contribution in [0.4, 0.5) is 5.69 Å². The van der Waals surface area contributed by atoms with Crippen LogP contribution in [0, 0.1) is 0 Å². The molecule has 0 fully saturated rings. The summed E-state index contributed by atoms with van der Waals surface area (Å²) in [7, 11) is 3.08. The minimum atomic E-state index is -0.605. The number of amides is 1. The van der Waals surface area contributed by atoms with Gasteiger partial charge in [-0.25, -0.2) is 0 Å². The summed E-state index contributed by atoms with van der Waals surface area (Å²) < 4.78 is 9.93. The number of nitrogens with two attached hydrogens (primary N) is 1. The lowest BCUT2D eigenvalue weighted by Crippen LogP contribution is -2.36. The molecule has 6 heteroatoms. The molecule has 1 amide bonds. The normalized spacial score (nSPS) is 12.0. The predicted octanol–water partition coefficient (Wildman–Crippen LogP) is 1.65. The van der Waals surface area contributed by atoms with E-state index < -0.39 is 6.04 Å². The van der Waals surface area contributed by atoms with E-state index in [1.807, 2.05) is 0 Å². The smallest absolute Gasteiger partial charge is 0.241 e. The van der Waals surface area contributed by atoms with Crippen molar-refractivity contribution in [3.63, 3.8) is 0 Å². The zero-order valence-electron chi connectivity index (χ0n) is 10.4. The number of ether oxygens (including phenoxy) is 2. The molecule has 1 atom stereocenters. The fourth-order valence-corrected chi connectivity index (χ4v) is 1.54. The van der Waals surface area contributed by atoms with Crippen LogP contribution in [0.1, 0.15) is 6.42 Å². The number of benzene rings is 1. The molecule has 1 aromatic carbocycles. The minimum Gasteiger partial charge on any atom is -0.495 e. The van der Waals surface area contributed by atoms with E-state index in [-0.39, 0.29) is 5.91 Å². The van der Waals surface area contributed by atoms with Crippen molar-refractivity contribution in [1.29, 1.82) is 0 Å². The number of hydrogen-bond donors (Lipinski definition) is 2. The highest BCUT2D eigenvalue weighted by Gasteiger charge is 2.13. The molecule has 3 N–H and O–H groups in total. The van der Waals surface area contributed by atoms with Crippen LogP contribution < -0.4 is 15.8 Å². The highest BCUT2D eigenvalue weighted by molar-refractivity contribution is 6.32. The molecule has 100 valence electrons. The molecule has 0 spiro atoms. The van der Waals surface area contributed by atoms with Gasteiger partial charge in [-0.05, 0) is 18.6 Å². The summed E-state index contributed by atoms with van der Waals surface area (Å²) in [5.74, 6) is 0.233. The number of anilines is 1. The van der Waals surface area contributed by atoms with Crippen LogP contribution in [-0.4, -0.2) is 32.8 Å². The number of carbonyl (C=O) groups excluding carboxylic acids is 1. The molecule has 0 saturated heterocycles. The first-order valence-electron chi connectivity index (χ1n) is 5.47. The number of hydrogen-bond acceptors (Lipinski definition) is 4. The lowest BCUT2D eigenvalue weighted by molar-refractivity contribution is -0.117. The maximum Gasteiger partial charge on any atom is 0.241 e. The van der Waals surface area contributed by atoms with Crippen molar-refractivity contribution in [1.82, 2.24) is 0 Å². The second kappa shape index (κ2) is 7.20. The van der Waals surface area contributed by atoms with Gasteiger partial charge in [-0.2, -0.15) is 0 Å². The molecular formula is C12H17ClN2O3. The van der Waals surface area contributed by atoms with Gasteiger partial charge < -0.3 is 20.5 Å². The summed E-state index contributed by atoms with van der Waals surface area (Å²) >= 11 is 5.89. The Labute approximate surface area is 111 Å². The Morgan fingerprint density at radius 3 is 2.83 bits per heavy atom. The van der Waals surface area contributed by atoms with E-state index >= 15 is 0 Å². The average molecular weight is 273 g/mol. The minimum absolute atomic E-state index is 0.267. The van der Waals surface area contributed by atoms with Gasteiger partial charge in [0.25, 0.3) is 0 Å². The average Bonchev–Trinajstić information content (AvgIpc) is 2.37. The number of rotatable bonds is 6. The summed E-state index contributed by atoms with van der Waals surface area (Å²) in [4.78, 5) is 11.7. The van der Waals surface area contributed by atoms with Gasteiger partial charge in [-0.3, -0.25) is 4.79 Å². The highest BCUT2D eigenvalue weighted by Crippen LogP contribution is 2.27. The number of nitrogens with one attached hydrogen (secondary N) is 1. The van der Waals surface area contributed by atoms with Crippen molar-refractivity contribution < 1.29 is 14.3 Å². The second-order valence-electron chi connectivity index (χ2n) is 3.73. The van der Waals surface area contributed by atoms with Crippen LogP contribution in [0.25, 0.3) is 0 Å². The fraction of sp³-hybridized carbons (Fsp3) is 0.417. The van der Waals surface area contributed by atoms with Gasteiger partial charge >= 0.3 is 0 Å². The number of halogens is 1. The van der Waals surface area contributed by atoms with Crippen LogP contribution >= 0.6 is 11.6 Å². The van der Waals surface area contributed by atoms with Gasteiger partial charge in [0, 0.05) is 25.5 Å². The van der Waals surface area contributed by atoms with Crippen molar-refractivity contribution in [2.75, 3.05) is 26.1 Å². The SMILES string of the molecule is COCCC(N)C(=O)Nc1ccc(Cl)c(OC)c1. The Morgan fingerprint density at radius 1 is 1.50 bits per heavy atom. The van der Waals surface area contributed by atoms with Crippen molar-refractivity contribution >= 4 is 23.2 Å². The molecule has 1 aromatic rings. The molecule has 0 aliphatic heterocycles. The van der Waals surface area contributed by atoms with Crippen molar-refractivity contribution in [2.24, 2.45) is 5.73 Å².